The van der Waals surface area contributed by atoms with Crippen LogP contribution in [0.25, 0.3) is 34.0 Å². The molecule has 4 aromatic rings. The minimum Gasteiger partial charge on any atom is -0.334 e. The molecule has 0 amide bonds. The number of unbranched alkanes of at least 4 members (excludes halogenated alkanes) is 2. The van der Waals surface area contributed by atoms with E-state index in [1.54, 1.807) is 12.4 Å². The number of hydrogen-bond acceptors (Lipinski definition) is 4. The topological polar surface area (TPSA) is 51.8 Å². The molecule has 0 aliphatic heterocycles. The Hall–Kier alpha value is -3.27. The molecule has 0 radical (unpaired) electrons. The first kappa shape index (κ1) is 18.1. The SMILES string of the molecule is CCCCCc1ccc(-c2ccc(-c3noc(-c4cccnc4)n3)cc2)cc1. The van der Waals surface area contributed by atoms with Gasteiger partial charge in [-0.3, -0.25) is 4.98 Å². The molecule has 0 fully saturated rings. The van der Waals surface area contributed by atoms with Gasteiger partial charge in [0.1, 0.15) is 0 Å². The van der Waals surface area contributed by atoms with Crippen molar-refractivity contribution < 1.29 is 4.52 Å². The fraction of sp³-hybridized carbons (Fsp3) is 0.208. The van der Waals surface area contributed by atoms with Crippen LogP contribution in [0, 0.1) is 0 Å². The Bertz CT molecular complexity index is 1010. The Morgan fingerprint density at radius 1 is 0.786 bits per heavy atom. The zero-order valence-electron chi connectivity index (χ0n) is 16.0. The summed E-state index contributed by atoms with van der Waals surface area (Å²) in [6, 6.07) is 20.9. The third-order valence-corrected chi connectivity index (χ3v) is 4.83. The van der Waals surface area contributed by atoms with Crippen LogP contribution in [0.2, 0.25) is 0 Å². The highest BCUT2D eigenvalue weighted by Crippen LogP contribution is 2.25. The highest BCUT2D eigenvalue weighted by molar-refractivity contribution is 5.68. The molecule has 0 aliphatic carbocycles. The van der Waals surface area contributed by atoms with Crippen LogP contribution in [0.3, 0.4) is 0 Å². The van der Waals surface area contributed by atoms with E-state index in [1.165, 1.54) is 36.0 Å². The maximum atomic E-state index is 5.37. The predicted molar refractivity (Wildman–Crippen MR) is 112 cm³/mol. The van der Waals surface area contributed by atoms with Crippen LogP contribution in [0.1, 0.15) is 31.7 Å². The van der Waals surface area contributed by atoms with Gasteiger partial charge in [0.05, 0.1) is 5.56 Å². The number of aryl methyl sites for hydroxylation is 1. The number of benzene rings is 2. The molecule has 4 nitrogen and oxygen atoms in total. The zero-order chi connectivity index (χ0) is 19.2. The third kappa shape index (κ3) is 4.17. The summed E-state index contributed by atoms with van der Waals surface area (Å²) in [5, 5.41) is 4.10. The number of rotatable bonds is 7. The summed E-state index contributed by atoms with van der Waals surface area (Å²) in [4.78, 5) is 8.57. The van der Waals surface area contributed by atoms with E-state index < -0.39 is 0 Å². The lowest BCUT2D eigenvalue weighted by atomic mass is 10.0. The Balaban J connectivity index is 1.48. The molecular weight excluding hydrogens is 346 g/mol. The van der Waals surface area contributed by atoms with Crippen molar-refractivity contribution in [3.05, 3.63) is 78.6 Å². The molecule has 0 saturated heterocycles. The van der Waals surface area contributed by atoms with Crippen LogP contribution >= 0.6 is 0 Å². The molecular formula is C24H23N3O. The summed E-state index contributed by atoms with van der Waals surface area (Å²) >= 11 is 0. The fourth-order valence-corrected chi connectivity index (χ4v) is 3.20. The standard InChI is InChI=1S/C24H23N3O/c1-2-3-4-6-18-8-10-19(11-9-18)20-12-14-21(15-13-20)23-26-24(28-27-23)22-7-5-16-25-17-22/h5,7-17H,2-4,6H2,1H3. The van der Waals surface area contributed by atoms with Crippen molar-refractivity contribution in [2.45, 2.75) is 32.6 Å². The maximum absolute atomic E-state index is 5.37. The molecule has 0 bridgehead atoms. The molecule has 0 saturated carbocycles. The molecule has 2 heterocycles. The average molecular weight is 369 g/mol. The average Bonchev–Trinajstić information content (AvgIpc) is 3.26. The van der Waals surface area contributed by atoms with Crippen LogP contribution in [-0.4, -0.2) is 15.1 Å². The van der Waals surface area contributed by atoms with Gasteiger partial charge in [-0.2, -0.15) is 4.98 Å². The van der Waals surface area contributed by atoms with Gasteiger partial charge in [0.25, 0.3) is 5.89 Å². The third-order valence-electron chi connectivity index (χ3n) is 4.83. The fourth-order valence-electron chi connectivity index (χ4n) is 3.20. The Kier molecular flexibility index (Phi) is 5.57. The first-order chi connectivity index (χ1) is 13.8. The largest absolute Gasteiger partial charge is 0.334 e. The van der Waals surface area contributed by atoms with E-state index in [0.29, 0.717) is 11.7 Å². The smallest absolute Gasteiger partial charge is 0.259 e. The molecule has 28 heavy (non-hydrogen) atoms. The lowest BCUT2D eigenvalue weighted by Gasteiger charge is -2.05. The van der Waals surface area contributed by atoms with Crippen LogP contribution in [0.5, 0.6) is 0 Å². The molecule has 0 aliphatic rings. The van der Waals surface area contributed by atoms with E-state index in [4.69, 9.17) is 4.52 Å². The van der Waals surface area contributed by atoms with Gasteiger partial charge in [0.2, 0.25) is 5.82 Å². The monoisotopic (exact) mass is 369 g/mol. The lowest BCUT2D eigenvalue weighted by molar-refractivity contribution is 0.432. The van der Waals surface area contributed by atoms with Crippen molar-refractivity contribution in [3.63, 3.8) is 0 Å². The highest BCUT2D eigenvalue weighted by Gasteiger charge is 2.10. The molecule has 4 rings (SSSR count). The molecule has 0 unspecified atom stereocenters. The number of pyridine rings is 1. The summed E-state index contributed by atoms with van der Waals surface area (Å²) in [5.74, 6) is 1.06. The number of aromatic nitrogens is 3. The quantitative estimate of drug-likeness (QED) is 0.364. The van der Waals surface area contributed by atoms with Crippen molar-refractivity contribution >= 4 is 0 Å². The second-order valence-corrected chi connectivity index (χ2v) is 6.90. The van der Waals surface area contributed by atoms with Crippen LogP contribution in [0.4, 0.5) is 0 Å². The van der Waals surface area contributed by atoms with Gasteiger partial charge in [-0.25, -0.2) is 0 Å². The first-order valence-electron chi connectivity index (χ1n) is 9.77. The van der Waals surface area contributed by atoms with Crippen molar-refractivity contribution in [1.82, 2.24) is 15.1 Å². The van der Waals surface area contributed by atoms with Gasteiger partial charge in [0.15, 0.2) is 0 Å². The predicted octanol–water partition coefficient (Wildman–Crippen LogP) is 6.20. The molecule has 2 aromatic heterocycles. The number of hydrogen-bond donors (Lipinski definition) is 0. The summed E-state index contributed by atoms with van der Waals surface area (Å²) in [6.07, 6.45) is 8.40. The van der Waals surface area contributed by atoms with E-state index in [9.17, 15) is 0 Å². The first-order valence-corrected chi connectivity index (χ1v) is 9.77. The van der Waals surface area contributed by atoms with Gasteiger partial charge in [-0.15, -0.1) is 0 Å². The van der Waals surface area contributed by atoms with Crippen LogP contribution < -0.4 is 0 Å². The van der Waals surface area contributed by atoms with Crippen LogP contribution in [0.15, 0.2) is 77.6 Å². The van der Waals surface area contributed by atoms with Crippen LogP contribution in [-0.2, 0) is 6.42 Å². The summed E-state index contributed by atoms with van der Waals surface area (Å²) in [6.45, 7) is 2.24. The van der Waals surface area contributed by atoms with E-state index in [2.05, 4.69) is 58.4 Å². The Labute approximate surface area is 165 Å². The molecule has 4 heteroatoms. The van der Waals surface area contributed by atoms with Gasteiger partial charge in [0, 0.05) is 18.0 Å². The molecule has 0 atom stereocenters. The Morgan fingerprint density at radius 3 is 2.18 bits per heavy atom. The van der Waals surface area contributed by atoms with Gasteiger partial charge < -0.3 is 4.52 Å². The molecule has 2 aromatic carbocycles. The minimum absolute atomic E-state index is 0.478. The van der Waals surface area contributed by atoms with E-state index >= 15 is 0 Å². The second-order valence-electron chi connectivity index (χ2n) is 6.90. The molecule has 140 valence electrons. The lowest BCUT2D eigenvalue weighted by Crippen LogP contribution is -1.86. The van der Waals surface area contributed by atoms with Crippen molar-refractivity contribution in [2.24, 2.45) is 0 Å². The maximum Gasteiger partial charge on any atom is 0.259 e. The van der Waals surface area contributed by atoms with Crippen molar-refractivity contribution in [2.75, 3.05) is 0 Å². The van der Waals surface area contributed by atoms with E-state index in [-0.39, 0.29) is 0 Å². The van der Waals surface area contributed by atoms with Gasteiger partial charge in [-0.05, 0) is 41.7 Å². The van der Waals surface area contributed by atoms with E-state index in [1.807, 2.05) is 24.3 Å². The normalized spacial score (nSPS) is 10.9. The Morgan fingerprint density at radius 2 is 1.50 bits per heavy atom. The zero-order valence-corrected chi connectivity index (χ0v) is 16.0. The summed E-state index contributed by atoms with van der Waals surface area (Å²) in [7, 11) is 0. The second kappa shape index (κ2) is 8.61. The molecule has 0 N–H and O–H groups in total. The highest BCUT2D eigenvalue weighted by atomic mass is 16.5. The van der Waals surface area contributed by atoms with Gasteiger partial charge >= 0.3 is 0 Å². The summed E-state index contributed by atoms with van der Waals surface area (Å²) in [5.41, 5.74) is 5.55. The summed E-state index contributed by atoms with van der Waals surface area (Å²) < 4.78 is 5.37. The van der Waals surface area contributed by atoms with Crippen molar-refractivity contribution in [1.29, 1.82) is 0 Å². The number of nitrogens with zero attached hydrogens (tertiary/aromatic N) is 3. The van der Waals surface area contributed by atoms with Crippen molar-refractivity contribution in [3.8, 4) is 34.0 Å². The van der Waals surface area contributed by atoms with Gasteiger partial charge in [-0.1, -0.05) is 73.5 Å². The van der Waals surface area contributed by atoms with E-state index in [0.717, 1.165) is 17.5 Å². The minimum atomic E-state index is 0.478. The molecule has 0 spiro atoms.